The van der Waals surface area contributed by atoms with Crippen molar-refractivity contribution >= 4 is 11.8 Å². The molecular formula is C13H20N2OS. The van der Waals surface area contributed by atoms with Crippen molar-refractivity contribution in [1.29, 1.82) is 0 Å². The average molecular weight is 252 g/mol. The number of aliphatic hydroxyl groups is 1. The lowest BCUT2D eigenvalue weighted by Crippen LogP contribution is -2.30. The standard InChI is InChI=1S/C13H20N2OS/c1-17-12-4-2-10(3-5-12)6-14-7-11-8-15-9-13(11)16/h2-5,11,13-16H,6-9H2,1H3. The minimum Gasteiger partial charge on any atom is -0.391 e. The van der Waals surface area contributed by atoms with Gasteiger partial charge in [-0.1, -0.05) is 12.1 Å². The van der Waals surface area contributed by atoms with Crippen LogP contribution in [0.5, 0.6) is 0 Å². The minimum atomic E-state index is -0.193. The molecule has 4 heteroatoms. The van der Waals surface area contributed by atoms with Crippen LogP contribution in [-0.2, 0) is 6.54 Å². The molecule has 1 aliphatic rings. The molecular weight excluding hydrogens is 232 g/mol. The summed E-state index contributed by atoms with van der Waals surface area (Å²) < 4.78 is 0. The van der Waals surface area contributed by atoms with Crippen molar-refractivity contribution in [2.75, 3.05) is 25.9 Å². The first-order valence-electron chi connectivity index (χ1n) is 6.02. The van der Waals surface area contributed by atoms with Crippen molar-refractivity contribution in [2.45, 2.75) is 17.5 Å². The second-order valence-corrected chi connectivity index (χ2v) is 5.34. The summed E-state index contributed by atoms with van der Waals surface area (Å²) in [5.74, 6) is 0.348. The molecule has 1 aliphatic heterocycles. The smallest absolute Gasteiger partial charge is 0.0716 e. The predicted molar refractivity (Wildman–Crippen MR) is 72.3 cm³/mol. The Morgan fingerprint density at radius 3 is 2.71 bits per heavy atom. The highest BCUT2D eigenvalue weighted by Crippen LogP contribution is 2.15. The van der Waals surface area contributed by atoms with Gasteiger partial charge in [0.15, 0.2) is 0 Å². The Kier molecular flexibility index (Phi) is 4.86. The van der Waals surface area contributed by atoms with Gasteiger partial charge in [0.25, 0.3) is 0 Å². The third-order valence-corrected chi connectivity index (χ3v) is 3.94. The summed E-state index contributed by atoms with van der Waals surface area (Å²) in [6.45, 7) is 3.39. The molecule has 0 aliphatic carbocycles. The molecule has 0 bridgehead atoms. The van der Waals surface area contributed by atoms with Crippen molar-refractivity contribution in [3.05, 3.63) is 29.8 Å². The summed E-state index contributed by atoms with van der Waals surface area (Å²) >= 11 is 1.76. The van der Waals surface area contributed by atoms with E-state index in [1.165, 1.54) is 10.5 Å². The third-order valence-electron chi connectivity index (χ3n) is 3.20. The van der Waals surface area contributed by atoms with Gasteiger partial charge in [-0.2, -0.15) is 0 Å². The van der Waals surface area contributed by atoms with Crippen LogP contribution in [0.2, 0.25) is 0 Å². The van der Waals surface area contributed by atoms with Crippen LogP contribution in [0, 0.1) is 5.92 Å². The van der Waals surface area contributed by atoms with E-state index in [4.69, 9.17) is 0 Å². The SMILES string of the molecule is CSc1ccc(CNCC2CNCC2O)cc1. The fraction of sp³-hybridized carbons (Fsp3) is 0.538. The Labute approximate surface area is 107 Å². The molecule has 94 valence electrons. The number of nitrogens with one attached hydrogen (secondary N) is 2. The van der Waals surface area contributed by atoms with Crippen molar-refractivity contribution in [2.24, 2.45) is 5.92 Å². The van der Waals surface area contributed by atoms with E-state index < -0.39 is 0 Å². The van der Waals surface area contributed by atoms with Crippen molar-refractivity contribution in [3.8, 4) is 0 Å². The molecule has 1 aromatic rings. The molecule has 1 heterocycles. The van der Waals surface area contributed by atoms with E-state index in [9.17, 15) is 5.11 Å². The first-order valence-corrected chi connectivity index (χ1v) is 7.24. The van der Waals surface area contributed by atoms with E-state index in [2.05, 4.69) is 41.2 Å². The van der Waals surface area contributed by atoms with Crippen LogP contribution in [0.3, 0.4) is 0 Å². The summed E-state index contributed by atoms with van der Waals surface area (Å²) in [7, 11) is 0. The summed E-state index contributed by atoms with van der Waals surface area (Å²) in [5, 5.41) is 16.2. The van der Waals surface area contributed by atoms with Gasteiger partial charge in [-0.05, 0) is 24.0 Å². The molecule has 3 N–H and O–H groups in total. The van der Waals surface area contributed by atoms with E-state index in [1.54, 1.807) is 11.8 Å². The van der Waals surface area contributed by atoms with Gasteiger partial charge in [0, 0.05) is 37.0 Å². The summed E-state index contributed by atoms with van der Waals surface area (Å²) in [5.41, 5.74) is 1.29. The van der Waals surface area contributed by atoms with E-state index in [1.807, 2.05) is 0 Å². The topological polar surface area (TPSA) is 44.3 Å². The monoisotopic (exact) mass is 252 g/mol. The zero-order valence-corrected chi connectivity index (χ0v) is 11.0. The molecule has 0 amide bonds. The van der Waals surface area contributed by atoms with Gasteiger partial charge in [-0.15, -0.1) is 11.8 Å². The lowest BCUT2D eigenvalue weighted by molar-refractivity contribution is 0.146. The Morgan fingerprint density at radius 1 is 1.35 bits per heavy atom. The summed E-state index contributed by atoms with van der Waals surface area (Å²) in [4.78, 5) is 1.30. The van der Waals surface area contributed by atoms with Crippen LogP contribution in [0.25, 0.3) is 0 Å². The maximum Gasteiger partial charge on any atom is 0.0716 e. The van der Waals surface area contributed by atoms with E-state index in [-0.39, 0.29) is 6.10 Å². The highest BCUT2D eigenvalue weighted by molar-refractivity contribution is 7.98. The molecule has 17 heavy (non-hydrogen) atoms. The van der Waals surface area contributed by atoms with Crippen LogP contribution in [0.15, 0.2) is 29.2 Å². The largest absolute Gasteiger partial charge is 0.391 e. The number of thioether (sulfide) groups is 1. The highest BCUT2D eigenvalue weighted by atomic mass is 32.2. The van der Waals surface area contributed by atoms with Gasteiger partial charge in [0.1, 0.15) is 0 Å². The van der Waals surface area contributed by atoms with Gasteiger partial charge in [0.2, 0.25) is 0 Å². The first-order chi connectivity index (χ1) is 8.29. The van der Waals surface area contributed by atoms with Crippen LogP contribution in [0.4, 0.5) is 0 Å². The van der Waals surface area contributed by atoms with Gasteiger partial charge >= 0.3 is 0 Å². The second-order valence-electron chi connectivity index (χ2n) is 4.46. The Bertz CT molecular complexity index is 342. The molecule has 1 fully saturated rings. The number of aliphatic hydroxyl groups excluding tert-OH is 1. The molecule has 0 saturated carbocycles. The van der Waals surface area contributed by atoms with Crippen LogP contribution < -0.4 is 10.6 Å². The normalized spacial score (nSPS) is 24.1. The maximum absolute atomic E-state index is 9.65. The van der Waals surface area contributed by atoms with E-state index in [0.29, 0.717) is 5.92 Å². The summed E-state index contributed by atoms with van der Waals surface area (Å²) in [6, 6.07) is 8.60. The van der Waals surface area contributed by atoms with E-state index >= 15 is 0 Å². The van der Waals surface area contributed by atoms with Gasteiger partial charge < -0.3 is 15.7 Å². The molecule has 0 aromatic heterocycles. The highest BCUT2D eigenvalue weighted by Gasteiger charge is 2.23. The molecule has 2 unspecified atom stereocenters. The van der Waals surface area contributed by atoms with Crippen molar-refractivity contribution < 1.29 is 5.11 Å². The Balaban J connectivity index is 1.73. The molecule has 3 nitrogen and oxygen atoms in total. The molecule has 1 aromatic carbocycles. The average Bonchev–Trinajstić information content (AvgIpc) is 2.76. The molecule has 2 rings (SSSR count). The Morgan fingerprint density at radius 2 is 2.12 bits per heavy atom. The van der Waals surface area contributed by atoms with Gasteiger partial charge in [0.05, 0.1) is 6.10 Å². The maximum atomic E-state index is 9.65. The third kappa shape index (κ3) is 3.71. The summed E-state index contributed by atoms with van der Waals surface area (Å²) in [6.07, 6.45) is 1.89. The molecule has 1 saturated heterocycles. The Hall–Kier alpha value is -0.550. The zero-order chi connectivity index (χ0) is 12.1. The van der Waals surface area contributed by atoms with Crippen LogP contribution in [0.1, 0.15) is 5.56 Å². The number of benzene rings is 1. The predicted octanol–water partition coefficient (Wildman–Crippen LogP) is 1.08. The lowest BCUT2D eigenvalue weighted by Gasteiger charge is -2.14. The second kappa shape index (κ2) is 6.40. The number of hydrogen-bond donors (Lipinski definition) is 3. The van der Waals surface area contributed by atoms with E-state index in [0.717, 1.165) is 26.2 Å². The number of β-amino-alcohol motifs (C(OH)–C–C–N with tert-alkyl or cyclic N) is 1. The van der Waals surface area contributed by atoms with Gasteiger partial charge in [-0.25, -0.2) is 0 Å². The number of rotatable bonds is 5. The van der Waals surface area contributed by atoms with Crippen LogP contribution >= 0.6 is 11.8 Å². The van der Waals surface area contributed by atoms with Crippen LogP contribution in [-0.4, -0.2) is 37.1 Å². The molecule has 2 atom stereocenters. The quantitative estimate of drug-likeness (QED) is 0.686. The lowest BCUT2D eigenvalue weighted by atomic mass is 10.1. The number of hydrogen-bond acceptors (Lipinski definition) is 4. The fourth-order valence-corrected chi connectivity index (χ4v) is 2.48. The first kappa shape index (κ1) is 12.9. The molecule has 0 spiro atoms. The van der Waals surface area contributed by atoms with Crippen molar-refractivity contribution in [1.82, 2.24) is 10.6 Å². The van der Waals surface area contributed by atoms with Gasteiger partial charge in [-0.3, -0.25) is 0 Å². The molecule has 0 radical (unpaired) electrons. The van der Waals surface area contributed by atoms with Crippen molar-refractivity contribution in [3.63, 3.8) is 0 Å². The fourth-order valence-electron chi connectivity index (χ4n) is 2.07. The minimum absolute atomic E-state index is 0.193. The zero-order valence-electron chi connectivity index (χ0n) is 10.1.